The zero-order valence-electron chi connectivity index (χ0n) is 10.3. The first-order valence-corrected chi connectivity index (χ1v) is 5.96. The summed E-state index contributed by atoms with van der Waals surface area (Å²) in [4.78, 5) is 25.4. The Morgan fingerprint density at radius 1 is 1.17 bits per heavy atom. The Kier molecular flexibility index (Phi) is 3.47. The molecule has 1 aromatic heterocycles. The van der Waals surface area contributed by atoms with Gasteiger partial charge >= 0.3 is 0 Å². The number of likely N-dealkylation sites (N-methyl/N-ethyl adjacent to an activating group) is 1. The van der Waals surface area contributed by atoms with Crippen LogP contribution in [0.1, 0.15) is 6.92 Å². The molecule has 0 atom stereocenters. The molecule has 0 amide bonds. The molecule has 0 aliphatic rings. The summed E-state index contributed by atoms with van der Waals surface area (Å²) in [5.41, 5.74) is 4.20. The first kappa shape index (κ1) is 12.4. The monoisotopic (exact) mass is 249 g/mol. The smallest absolute Gasteiger partial charge is 0.270 e. The van der Waals surface area contributed by atoms with Crippen LogP contribution in [0.25, 0.3) is 10.8 Å². The minimum absolute atomic E-state index is 0.280. The number of H-pyrrole nitrogens is 2. The summed E-state index contributed by atoms with van der Waals surface area (Å²) >= 11 is 0. The van der Waals surface area contributed by atoms with E-state index in [0.717, 1.165) is 25.3 Å². The van der Waals surface area contributed by atoms with Crippen LogP contribution in [0, 0.1) is 0 Å². The van der Waals surface area contributed by atoms with Crippen LogP contribution >= 0.6 is 0 Å². The zero-order valence-corrected chi connectivity index (χ0v) is 10.3. The highest BCUT2D eigenvalue weighted by atomic mass is 16.1. The van der Waals surface area contributed by atoms with Crippen molar-refractivity contribution in [2.24, 2.45) is 0 Å². The molecule has 1 heterocycles. The van der Waals surface area contributed by atoms with E-state index >= 15 is 0 Å². The normalized spacial score (nSPS) is 10.8. The van der Waals surface area contributed by atoms with E-state index in [1.54, 1.807) is 12.1 Å². The Bertz CT molecular complexity index is 659. The lowest BCUT2D eigenvalue weighted by Crippen LogP contribution is -2.55. The molecule has 2 aromatic rings. The second kappa shape index (κ2) is 5.05. The molecule has 0 aliphatic heterocycles. The Morgan fingerprint density at radius 3 is 2.44 bits per heavy atom. The quantitative estimate of drug-likeness (QED) is 0.667. The number of quaternary nitrogens is 1. The molecule has 6 heteroatoms. The summed E-state index contributed by atoms with van der Waals surface area (Å²) in [6, 6.07) is 5.29. The third-order valence-corrected chi connectivity index (χ3v) is 2.96. The van der Waals surface area contributed by atoms with E-state index < -0.39 is 0 Å². The summed E-state index contributed by atoms with van der Waals surface area (Å²) in [6.07, 6.45) is 0. The van der Waals surface area contributed by atoms with Gasteiger partial charge in [-0.1, -0.05) is 0 Å². The van der Waals surface area contributed by atoms with Crippen molar-refractivity contribution in [1.29, 1.82) is 0 Å². The molecule has 0 radical (unpaired) electrons. The highest BCUT2D eigenvalue weighted by molar-refractivity contribution is 5.84. The van der Waals surface area contributed by atoms with E-state index in [-0.39, 0.29) is 11.1 Å². The number of benzene rings is 1. The highest BCUT2D eigenvalue weighted by Gasteiger charge is 2.08. The molecule has 0 aliphatic carbocycles. The number of fused-ring (bicyclic) bond motifs is 1. The van der Waals surface area contributed by atoms with Crippen LogP contribution in [0.3, 0.4) is 0 Å². The Hall–Kier alpha value is -2.08. The van der Waals surface area contributed by atoms with Gasteiger partial charge in [0.15, 0.2) is 0 Å². The molecule has 96 valence electrons. The van der Waals surface area contributed by atoms with Gasteiger partial charge in [-0.25, -0.2) is 0 Å². The third-order valence-electron chi connectivity index (χ3n) is 2.96. The molecule has 5 N–H and O–H groups in total. The minimum atomic E-state index is -0.281. The lowest BCUT2D eigenvalue weighted by molar-refractivity contribution is -0.363. The molecule has 18 heavy (non-hydrogen) atoms. The van der Waals surface area contributed by atoms with Crippen molar-refractivity contribution in [3.8, 4) is 0 Å². The van der Waals surface area contributed by atoms with Gasteiger partial charge in [-0.2, -0.15) is 0 Å². The van der Waals surface area contributed by atoms with Crippen molar-refractivity contribution >= 4 is 16.5 Å². The van der Waals surface area contributed by atoms with Crippen molar-refractivity contribution in [1.82, 2.24) is 10.2 Å². The fourth-order valence-corrected chi connectivity index (χ4v) is 2.02. The van der Waals surface area contributed by atoms with Gasteiger partial charge in [-0.3, -0.25) is 19.8 Å². The van der Waals surface area contributed by atoms with Crippen LogP contribution in [0.15, 0.2) is 27.8 Å². The summed E-state index contributed by atoms with van der Waals surface area (Å²) in [7, 11) is 0. The second-order valence-electron chi connectivity index (χ2n) is 4.07. The van der Waals surface area contributed by atoms with Crippen LogP contribution in [-0.2, 0) is 0 Å². The maximum Gasteiger partial charge on any atom is 0.270 e. The Labute approximate surface area is 103 Å². The van der Waals surface area contributed by atoms with Gasteiger partial charge < -0.3 is 10.6 Å². The highest BCUT2D eigenvalue weighted by Crippen LogP contribution is 2.17. The number of aromatic nitrogens is 2. The van der Waals surface area contributed by atoms with E-state index in [0.29, 0.717) is 10.8 Å². The molecule has 2 rings (SSSR count). The van der Waals surface area contributed by atoms with Crippen LogP contribution in [0.2, 0.25) is 0 Å². The van der Waals surface area contributed by atoms with Gasteiger partial charge in [-0.15, -0.1) is 0 Å². The number of anilines is 1. The maximum atomic E-state index is 11.7. The first-order valence-electron chi connectivity index (χ1n) is 5.96. The number of rotatable bonds is 4. The van der Waals surface area contributed by atoms with Crippen molar-refractivity contribution in [3.63, 3.8) is 0 Å². The van der Waals surface area contributed by atoms with Crippen LogP contribution < -0.4 is 21.8 Å². The Balaban J connectivity index is 2.60. The number of aromatic amines is 2. The fraction of sp³-hybridized carbons (Fsp3) is 0.333. The van der Waals surface area contributed by atoms with Gasteiger partial charge in [0.25, 0.3) is 11.1 Å². The van der Waals surface area contributed by atoms with Crippen LogP contribution in [-0.4, -0.2) is 29.8 Å². The number of hydrogen-bond acceptors (Lipinski definition) is 3. The maximum absolute atomic E-state index is 11.7. The van der Waals surface area contributed by atoms with Gasteiger partial charge in [0.1, 0.15) is 0 Å². The van der Waals surface area contributed by atoms with Crippen molar-refractivity contribution in [3.05, 3.63) is 38.9 Å². The number of hydrogen-bond donors (Lipinski definition) is 3. The largest absolute Gasteiger partial charge is 0.366 e. The van der Waals surface area contributed by atoms with Crippen molar-refractivity contribution < 1.29 is 5.73 Å². The van der Waals surface area contributed by atoms with E-state index in [2.05, 4.69) is 20.8 Å². The minimum Gasteiger partial charge on any atom is -0.366 e. The fourth-order valence-electron chi connectivity index (χ4n) is 2.02. The molecule has 0 spiro atoms. The molecule has 1 aromatic carbocycles. The third kappa shape index (κ3) is 2.14. The van der Waals surface area contributed by atoms with E-state index in [1.165, 1.54) is 0 Å². The molecule has 0 saturated heterocycles. The van der Waals surface area contributed by atoms with Gasteiger partial charge in [0.2, 0.25) is 0 Å². The number of nitrogens with one attached hydrogen (secondary N) is 2. The SMILES string of the molecule is CCN(CC[NH3+])c1ccc2c(=O)[nH][nH]c(=O)c2c1. The molecule has 0 fully saturated rings. The molecule has 0 unspecified atom stereocenters. The van der Waals surface area contributed by atoms with E-state index in [1.807, 2.05) is 13.0 Å². The standard InChI is InChI=1S/C12H16N4O2/c1-2-16(6-5-13)8-3-4-9-10(7-8)12(18)15-14-11(9)17/h3-4,7H,2,5-6,13H2,1H3,(H,14,17)(H,15,18)/p+1. The summed E-state index contributed by atoms with van der Waals surface area (Å²) in [5, 5.41) is 5.47. The molecular formula is C12H17N4O2+. The predicted molar refractivity (Wildman–Crippen MR) is 70.8 cm³/mol. The molecular weight excluding hydrogens is 232 g/mol. The topological polar surface area (TPSA) is 96.6 Å². The average molecular weight is 249 g/mol. The lowest BCUT2D eigenvalue weighted by atomic mass is 10.1. The predicted octanol–water partition coefficient (Wildman–Crippen LogP) is -0.715. The van der Waals surface area contributed by atoms with Crippen molar-refractivity contribution in [2.45, 2.75) is 6.92 Å². The van der Waals surface area contributed by atoms with E-state index in [9.17, 15) is 9.59 Å². The molecule has 6 nitrogen and oxygen atoms in total. The van der Waals surface area contributed by atoms with E-state index in [4.69, 9.17) is 0 Å². The van der Waals surface area contributed by atoms with Crippen molar-refractivity contribution in [2.75, 3.05) is 24.5 Å². The lowest BCUT2D eigenvalue weighted by Gasteiger charge is -2.21. The van der Waals surface area contributed by atoms with Crippen LogP contribution in [0.5, 0.6) is 0 Å². The molecule has 0 saturated carbocycles. The van der Waals surface area contributed by atoms with Crippen LogP contribution in [0.4, 0.5) is 5.69 Å². The second-order valence-corrected chi connectivity index (χ2v) is 4.07. The summed E-state index contributed by atoms with van der Waals surface area (Å²) in [6.45, 7) is 4.49. The Morgan fingerprint density at radius 2 is 1.83 bits per heavy atom. The molecule has 0 bridgehead atoms. The average Bonchev–Trinajstić information content (AvgIpc) is 2.40. The zero-order chi connectivity index (χ0) is 13.1. The van der Waals surface area contributed by atoms with Gasteiger partial charge in [-0.05, 0) is 25.1 Å². The first-order chi connectivity index (χ1) is 8.67. The summed E-state index contributed by atoms with van der Waals surface area (Å²) in [5.74, 6) is 0. The van der Waals surface area contributed by atoms with Gasteiger partial charge in [0.05, 0.1) is 23.9 Å². The summed E-state index contributed by atoms with van der Waals surface area (Å²) < 4.78 is 0. The number of nitrogens with zero attached hydrogens (tertiary/aromatic N) is 1. The van der Waals surface area contributed by atoms with Gasteiger partial charge in [0, 0.05) is 12.2 Å².